The van der Waals surface area contributed by atoms with Crippen LogP contribution in [0.5, 0.6) is 0 Å². The van der Waals surface area contributed by atoms with Crippen LogP contribution in [0.1, 0.15) is 48.8 Å². The molecule has 1 saturated carbocycles. The van der Waals surface area contributed by atoms with Crippen molar-refractivity contribution >= 4 is 32.7 Å². The summed E-state index contributed by atoms with van der Waals surface area (Å²) in [6, 6.07) is 64.8. The zero-order chi connectivity index (χ0) is 40.5. The number of aromatic nitrogens is 2. The Balaban J connectivity index is 0.921. The van der Waals surface area contributed by atoms with Gasteiger partial charge in [-0.15, -0.1) is 0 Å². The molecule has 0 aliphatic heterocycles. The molecule has 12 rings (SSSR count). The Kier molecular flexibility index (Phi) is 8.12. The lowest BCUT2D eigenvalue weighted by Gasteiger charge is -2.36. The topological polar surface area (TPSA) is 62.7 Å². The molecule has 288 valence electrons. The SMILES string of the molecule is N#Cc1ccc2c(c1)C1(CCCCC1)c1cc(-c3cccc4c(-c5ccc(-c6cc(-c7ccc8c(c7)oc7ccccc78)nc(-c7ccccc7)n6)cc5)cccc34)ccc1-2. The second-order valence-electron chi connectivity index (χ2n) is 16.7. The van der Waals surface area contributed by atoms with E-state index in [1.165, 1.54) is 69.0 Å². The van der Waals surface area contributed by atoms with E-state index in [1.807, 2.05) is 42.5 Å². The summed E-state index contributed by atoms with van der Waals surface area (Å²) in [5.74, 6) is 0.681. The van der Waals surface area contributed by atoms with Gasteiger partial charge in [0.1, 0.15) is 11.2 Å². The molecule has 4 nitrogen and oxygen atoms in total. The molecule has 0 unspecified atom stereocenters. The summed E-state index contributed by atoms with van der Waals surface area (Å²) in [5, 5.41) is 14.5. The van der Waals surface area contributed by atoms with E-state index in [9.17, 15) is 5.26 Å². The Labute approximate surface area is 354 Å². The molecule has 2 aliphatic rings. The number of hydrogen-bond acceptors (Lipinski definition) is 4. The van der Waals surface area contributed by atoms with Crippen LogP contribution in [-0.4, -0.2) is 9.97 Å². The Bertz CT molecular complexity index is 3400. The molecule has 8 aromatic carbocycles. The third-order valence-electron chi connectivity index (χ3n) is 13.4. The standard InChI is InChI=1S/C57H39N3O/c58-35-36-19-26-46-47-27-24-40(32-51(47)57(50(46)31-36)29-7-2-8-30-57)43-15-10-16-44-42(14-9-17-45(43)44)37-20-22-38(23-21-37)52-34-53(60-56(59-52)39-11-3-1-4-12-39)41-25-28-49-48-13-5-6-18-54(48)61-55(49)33-41/h1,3-6,9-28,31-34H,2,7-8,29-30H2. The molecule has 0 saturated heterocycles. The minimum absolute atomic E-state index is 0.0301. The molecule has 61 heavy (non-hydrogen) atoms. The maximum absolute atomic E-state index is 9.82. The Hall–Kier alpha value is -7.61. The summed E-state index contributed by atoms with van der Waals surface area (Å²) >= 11 is 0. The average Bonchev–Trinajstić information content (AvgIpc) is 3.83. The first-order chi connectivity index (χ1) is 30.1. The van der Waals surface area contributed by atoms with Crippen LogP contribution in [0.4, 0.5) is 0 Å². The molecule has 2 aliphatic carbocycles. The Morgan fingerprint density at radius 1 is 0.426 bits per heavy atom. The fraction of sp³-hybridized carbons (Fsp3) is 0.105. The van der Waals surface area contributed by atoms with Crippen LogP contribution >= 0.6 is 0 Å². The minimum atomic E-state index is -0.0301. The van der Waals surface area contributed by atoms with Crippen LogP contribution in [0.15, 0.2) is 180 Å². The van der Waals surface area contributed by atoms with Gasteiger partial charge in [-0.25, -0.2) is 9.97 Å². The quantitative estimate of drug-likeness (QED) is 0.174. The van der Waals surface area contributed by atoms with Crippen molar-refractivity contribution < 1.29 is 4.42 Å². The van der Waals surface area contributed by atoms with Crippen molar-refractivity contribution in [2.45, 2.75) is 37.5 Å². The fourth-order valence-electron chi connectivity index (χ4n) is 10.4. The first-order valence-corrected chi connectivity index (χ1v) is 21.3. The van der Waals surface area contributed by atoms with E-state index in [0.717, 1.165) is 74.0 Å². The molecular weight excluding hydrogens is 743 g/mol. The Morgan fingerprint density at radius 2 is 1.03 bits per heavy atom. The molecule has 10 aromatic rings. The molecule has 0 N–H and O–H groups in total. The smallest absolute Gasteiger partial charge is 0.160 e. The lowest BCUT2D eigenvalue weighted by molar-refractivity contribution is 0.353. The molecule has 0 radical (unpaired) electrons. The van der Waals surface area contributed by atoms with E-state index in [2.05, 4.69) is 140 Å². The number of nitrogens with zero attached hydrogens (tertiary/aromatic N) is 3. The van der Waals surface area contributed by atoms with Crippen LogP contribution in [0.25, 0.3) is 100.0 Å². The van der Waals surface area contributed by atoms with Gasteiger partial charge in [0.15, 0.2) is 5.82 Å². The summed E-state index contributed by atoms with van der Waals surface area (Å²) in [7, 11) is 0. The van der Waals surface area contributed by atoms with Crippen molar-refractivity contribution in [1.82, 2.24) is 9.97 Å². The molecule has 0 atom stereocenters. The lowest BCUT2D eigenvalue weighted by atomic mass is 9.67. The highest BCUT2D eigenvalue weighted by molar-refractivity contribution is 6.06. The summed E-state index contributed by atoms with van der Waals surface area (Å²) in [4.78, 5) is 10.2. The molecule has 0 bridgehead atoms. The van der Waals surface area contributed by atoms with Gasteiger partial charge in [0.05, 0.1) is 23.0 Å². The Morgan fingerprint density at radius 3 is 1.80 bits per heavy atom. The molecule has 1 spiro atoms. The van der Waals surface area contributed by atoms with E-state index >= 15 is 0 Å². The molecule has 2 aromatic heterocycles. The minimum Gasteiger partial charge on any atom is -0.456 e. The lowest BCUT2D eigenvalue weighted by Crippen LogP contribution is -2.28. The van der Waals surface area contributed by atoms with Crippen molar-refractivity contribution in [3.8, 4) is 73.4 Å². The number of furan rings is 1. The van der Waals surface area contributed by atoms with Crippen LogP contribution in [0.3, 0.4) is 0 Å². The molecule has 1 fully saturated rings. The number of para-hydroxylation sites is 1. The zero-order valence-electron chi connectivity index (χ0n) is 33.5. The first kappa shape index (κ1) is 35.3. The number of fused-ring (bicyclic) bond motifs is 9. The van der Waals surface area contributed by atoms with Crippen molar-refractivity contribution in [2.75, 3.05) is 0 Å². The number of rotatable bonds is 5. The van der Waals surface area contributed by atoms with Gasteiger partial charge >= 0.3 is 0 Å². The maximum atomic E-state index is 9.82. The number of benzene rings is 8. The number of hydrogen-bond donors (Lipinski definition) is 0. The predicted octanol–water partition coefficient (Wildman–Crippen LogP) is 15.0. The zero-order valence-corrected chi connectivity index (χ0v) is 33.5. The van der Waals surface area contributed by atoms with Gasteiger partial charge < -0.3 is 4.42 Å². The van der Waals surface area contributed by atoms with Gasteiger partial charge in [-0.05, 0) is 111 Å². The molecule has 0 amide bonds. The highest BCUT2D eigenvalue weighted by Crippen LogP contribution is 2.56. The van der Waals surface area contributed by atoms with E-state index in [-0.39, 0.29) is 5.41 Å². The fourth-order valence-corrected chi connectivity index (χ4v) is 10.4. The van der Waals surface area contributed by atoms with Gasteiger partial charge in [0.2, 0.25) is 0 Å². The second-order valence-corrected chi connectivity index (χ2v) is 16.7. The summed E-state index contributed by atoms with van der Waals surface area (Å²) in [6.45, 7) is 0. The van der Waals surface area contributed by atoms with Crippen molar-refractivity contribution in [3.63, 3.8) is 0 Å². The largest absolute Gasteiger partial charge is 0.456 e. The predicted molar refractivity (Wildman–Crippen MR) is 248 cm³/mol. The molecule has 2 heterocycles. The third-order valence-corrected chi connectivity index (χ3v) is 13.4. The van der Waals surface area contributed by atoms with Crippen LogP contribution in [0, 0.1) is 11.3 Å². The summed E-state index contributed by atoms with van der Waals surface area (Å²) in [6.07, 6.45) is 5.95. The van der Waals surface area contributed by atoms with Gasteiger partial charge in [-0.2, -0.15) is 5.26 Å². The summed E-state index contributed by atoms with van der Waals surface area (Å²) in [5.41, 5.74) is 17.3. The van der Waals surface area contributed by atoms with Gasteiger partial charge in [-0.3, -0.25) is 0 Å². The van der Waals surface area contributed by atoms with Crippen molar-refractivity contribution in [1.29, 1.82) is 5.26 Å². The van der Waals surface area contributed by atoms with Crippen LogP contribution in [-0.2, 0) is 5.41 Å². The molecular formula is C57H39N3O. The van der Waals surface area contributed by atoms with E-state index in [0.29, 0.717) is 5.82 Å². The normalized spacial score (nSPS) is 14.0. The van der Waals surface area contributed by atoms with Crippen LogP contribution < -0.4 is 0 Å². The summed E-state index contributed by atoms with van der Waals surface area (Å²) < 4.78 is 6.27. The van der Waals surface area contributed by atoms with E-state index in [1.54, 1.807) is 0 Å². The van der Waals surface area contributed by atoms with Gasteiger partial charge in [0, 0.05) is 32.9 Å². The highest BCUT2D eigenvalue weighted by Gasteiger charge is 2.44. The van der Waals surface area contributed by atoms with Gasteiger partial charge in [-0.1, -0.05) is 153 Å². The third kappa shape index (κ3) is 5.73. The monoisotopic (exact) mass is 781 g/mol. The average molecular weight is 782 g/mol. The molecule has 4 heteroatoms. The number of nitriles is 1. The maximum Gasteiger partial charge on any atom is 0.160 e. The van der Waals surface area contributed by atoms with Crippen molar-refractivity contribution in [3.05, 3.63) is 193 Å². The van der Waals surface area contributed by atoms with E-state index < -0.39 is 0 Å². The first-order valence-electron chi connectivity index (χ1n) is 21.3. The van der Waals surface area contributed by atoms with Crippen molar-refractivity contribution in [2.24, 2.45) is 0 Å². The van der Waals surface area contributed by atoms with Crippen LogP contribution in [0.2, 0.25) is 0 Å². The van der Waals surface area contributed by atoms with Gasteiger partial charge in [0.25, 0.3) is 0 Å². The van der Waals surface area contributed by atoms with E-state index in [4.69, 9.17) is 14.4 Å². The highest BCUT2D eigenvalue weighted by atomic mass is 16.3. The second kappa shape index (κ2) is 14.0.